The van der Waals surface area contributed by atoms with Crippen LogP contribution < -0.4 is 82.7 Å². The summed E-state index contributed by atoms with van der Waals surface area (Å²) >= 11 is 0. The fraction of sp³-hybridized carbons (Fsp3) is 0.530. The second-order valence-corrected chi connectivity index (χ2v) is 25.1. The zero-order chi connectivity index (χ0) is 72.9. The van der Waals surface area contributed by atoms with Crippen LogP contribution in [-0.4, -0.2) is 177 Å². The first kappa shape index (κ1) is 80.2. The van der Waals surface area contributed by atoms with E-state index in [4.69, 9.17) is 40.1 Å². The topological polar surface area (TPSA) is 555 Å². The van der Waals surface area contributed by atoms with Crippen molar-refractivity contribution < 1.29 is 68.1 Å². The number of benzene rings is 3. The molecule has 1 aliphatic rings. The molecule has 98 heavy (non-hydrogen) atoms. The number of rotatable bonds is 40. The van der Waals surface area contributed by atoms with E-state index in [1.165, 1.54) is 65.6 Å². The van der Waals surface area contributed by atoms with Gasteiger partial charge in [0.2, 0.25) is 65.0 Å². The summed E-state index contributed by atoms with van der Waals surface area (Å²) in [4.78, 5) is 164. The van der Waals surface area contributed by atoms with Crippen LogP contribution in [-0.2, 0) is 72.0 Å². The van der Waals surface area contributed by atoms with E-state index in [1.54, 1.807) is 53.7 Å². The van der Waals surface area contributed by atoms with Gasteiger partial charge in [0.25, 0.3) is 0 Å². The van der Waals surface area contributed by atoms with Gasteiger partial charge in [-0.25, -0.2) is 0 Å². The van der Waals surface area contributed by atoms with Crippen LogP contribution in [0.25, 0.3) is 0 Å². The number of aromatic hydroxyl groups is 3. The molecule has 4 rings (SSSR count). The number of carbonyl (C=O) groups is 11. The number of nitrogens with zero attached hydrogens (tertiary/aromatic N) is 3. The van der Waals surface area contributed by atoms with Gasteiger partial charge in [0.1, 0.15) is 71.6 Å². The molecule has 1 heterocycles. The first-order chi connectivity index (χ1) is 46.3. The maximum Gasteiger partial charge on any atom is 0.246 e. The second-order valence-electron chi connectivity index (χ2n) is 25.1. The van der Waals surface area contributed by atoms with Gasteiger partial charge in [-0.3, -0.25) is 62.7 Å². The van der Waals surface area contributed by atoms with Crippen LogP contribution in [0.2, 0.25) is 0 Å². The Morgan fingerprint density at radius 3 is 1.31 bits per heavy atom. The number of guanidine groups is 2. The van der Waals surface area contributed by atoms with E-state index in [-0.39, 0.29) is 119 Å². The Balaban J connectivity index is 1.62. The molecule has 11 amide bonds. The number of phenols is 3. The summed E-state index contributed by atoms with van der Waals surface area (Å²) in [5, 5.41) is 51.2. The van der Waals surface area contributed by atoms with E-state index in [9.17, 15) is 68.1 Å². The number of phenolic OH excluding ortho intramolecular Hbond substituents is 3. The third-order valence-corrected chi connectivity index (χ3v) is 16.7. The lowest BCUT2D eigenvalue weighted by atomic mass is 9.96. The molecule has 1 saturated heterocycles. The number of carbonyl (C=O) groups excluding carboxylic acids is 11. The average Bonchev–Trinajstić information content (AvgIpc) is 1.55. The molecule has 3 aromatic rings. The highest BCUT2D eigenvalue weighted by molar-refractivity contribution is 6.00. The standard InChI is InChI=1S/C66H100N18O14/c1-7-36(5)53(82-56(90)44(67)31-38-15-21-41(85)22-16-38)63(97)81-50(34-52(68)88)64(98)84-29-11-14-51(84)61(95)83-54(37(6)8-2)62(96)80-49(33-40-19-25-43(87)26-20-40)60(94)77-46(13-10-28-75-66(72)73)58(92)79-48(30-35(3)4)59(93)76-45(12-9-27-74-65(70)71)57(91)78-47(55(69)89)32-39-17-23-42(86)24-18-39/h15-26,35-37,44-51,53-54,85-87H,7-14,27-34,67H2,1-6H3,(H2,68,88)(H2,69,89)(H,76,93)(H,77,94)(H,78,91)(H,79,92)(H,80,96)(H,81,97)(H,82,90)(H,83,95)(H4,70,71,74)(H4,72,73,75)/t36-,37-,44-,45-,46-,47-,48-,49-,50-,51-,53-,54-/m0/s1. The fourth-order valence-electron chi connectivity index (χ4n) is 10.8. The van der Waals surface area contributed by atoms with Crippen LogP contribution in [0, 0.1) is 17.8 Å². The molecule has 0 radical (unpaired) electrons. The smallest absolute Gasteiger partial charge is 0.246 e. The van der Waals surface area contributed by atoms with Gasteiger partial charge in [-0.15, -0.1) is 0 Å². The summed E-state index contributed by atoms with van der Waals surface area (Å²) in [5.74, 6) is -11.3. The molecule has 25 N–H and O–H groups in total. The van der Waals surface area contributed by atoms with Gasteiger partial charge in [-0.1, -0.05) is 90.8 Å². The van der Waals surface area contributed by atoms with Gasteiger partial charge in [0, 0.05) is 32.5 Å². The third-order valence-electron chi connectivity index (χ3n) is 16.7. The molecule has 538 valence electrons. The van der Waals surface area contributed by atoms with Crippen LogP contribution in [0.4, 0.5) is 0 Å². The molecule has 0 saturated carbocycles. The lowest BCUT2D eigenvalue weighted by Gasteiger charge is -2.32. The fourth-order valence-corrected chi connectivity index (χ4v) is 10.8. The number of nitrogens with one attached hydrogen (secondary N) is 8. The van der Waals surface area contributed by atoms with E-state index < -0.39 is 144 Å². The molecule has 12 atom stereocenters. The highest BCUT2D eigenvalue weighted by atomic mass is 16.3. The van der Waals surface area contributed by atoms with Crippen molar-refractivity contribution in [3.05, 3.63) is 89.5 Å². The summed E-state index contributed by atoms with van der Waals surface area (Å²) in [6, 6.07) is 4.07. The van der Waals surface area contributed by atoms with Crippen molar-refractivity contribution in [3.63, 3.8) is 0 Å². The van der Waals surface area contributed by atoms with Gasteiger partial charge >= 0.3 is 0 Å². The van der Waals surface area contributed by atoms with E-state index in [1.807, 2.05) is 0 Å². The Bertz CT molecular complexity index is 3250. The summed E-state index contributed by atoms with van der Waals surface area (Å²) in [5.41, 5.74) is 41.5. The van der Waals surface area contributed by atoms with Crippen LogP contribution in [0.15, 0.2) is 82.8 Å². The maximum absolute atomic E-state index is 14.9. The van der Waals surface area contributed by atoms with Crippen molar-refractivity contribution >= 4 is 76.9 Å². The number of likely N-dealkylation sites (tertiary alicyclic amines) is 1. The number of hydrogen-bond acceptors (Lipinski definition) is 17. The molecule has 0 aromatic heterocycles. The highest BCUT2D eigenvalue weighted by Crippen LogP contribution is 2.23. The predicted molar refractivity (Wildman–Crippen MR) is 365 cm³/mol. The lowest BCUT2D eigenvalue weighted by Crippen LogP contribution is -2.62. The monoisotopic (exact) mass is 1370 g/mol. The van der Waals surface area contributed by atoms with Crippen molar-refractivity contribution in [2.75, 3.05) is 19.6 Å². The Morgan fingerprint density at radius 1 is 0.490 bits per heavy atom. The van der Waals surface area contributed by atoms with Crippen LogP contribution >= 0.6 is 0 Å². The van der Waals surface area contributed by atoms with Gasteiger partial charge in [-0.2, -0.15) is 0 Å². The van der Waals surface area contributed by atoms with Gasteiger partial charge in [0.15, 0.2) is 11.9 Å². The zero-order valence-electron chi connectivity index (χ0n) is 56.5. The molecule has 3 aromatic carbocycles. The first-order valence-electron chi connectivity index (χ1n) is 32.8. The first-order valence-corrected chi connectivity index (χ1v) is 32.8. The quantitative estimate of drug-likeness (QED) is 0.0161. The second kappa shape index (κ2) is 39.7. The highest BCUT2D eigenvalue weighted by Gasteiger charge is 2.42. The lowest BCUT2D eigenvalue weighted by molar-refractivity contribution is -0.144. The largest absolute Gasteiger partial charge is 0.508 e. The minimum absolute atomic E-state index is 0.000216. The van der Waals surface area contributed by atoms with Gasteiger partial charge < -0.3 is 103 Å². The Morgan fingerprint density at radius 2 is 0.878 bits per heavy atom. The molecule has 0 bridgehead atoms. The molecule has 32 heteroatoms. The summed E-state index contributed by atoms with van der Waals surface area (Å²) in [6.45, 7) is 10.5. The Hall–Kier alpha value is -10.3. The predicted octanol–water partition coefficient (Wildman–Crippen LogP) is -2.37. The minimum atomic E-state index is -1.61. The average molecular weight is 1370 g/mol. The van der Waals surface area contributed by atoms with Crippen molar-refractivity contribution in [1.82, 2.24) is 47.4 Å². The maximum atomic E-state index is 14.9. The number of hydrogen-bond donors (Lipinski definition) is 18. The number of primary amides is 2. The summed E-state index contributed by atoms with van der Waals surface area (Å²) < 4.78 is 0. The SMILES string of the molecule is CC[C@H](C)[C@H](NC(=O)[C@@H](N)Cc1ccc(O)cc1)C(=O)N[C@@H](CC(N)=O)C(=O)N1CCC[C@H]1C(=O)N[C@H](C(=O)N[C@@H](Cc1ccc(O)cc1)C(=O)N[C@@H](CCCN=C(N)N)C(=O)N[C@@H](CC(C)C)C(=O)N[C@@H](CCCN=C(N)N)C(=O)N[C@@H](Cc1ccc(O)cc1)C(N)=O)[C@@H](C)CC. The van der Waals surface area contributed by atoms with Crippen LogP contribution in [0.1, 0.15) is 122 Å². The molecule has 32 nitrogen and oxygen atoms in total. The van der Waals surface area contributed by atoms with Crippen LogP contribution in [0.5, 0.6) is 17.2 Å². The molecule has 0 spiro atoms. The molecular weight excluding hydrogens is 1270 g/mol. The van der Waals surface area contributed by atoms with Gasteiger partial charge in [-0.05, 0) is 122 Å². The zero-order valence-corrected chi connectivity index (χ0v) is 56.5. The van der Waals surface area contributed by atoms with E-state index in [2.05, 4.69) is 52.5 Å². The van der Waals surface area contributed by atoms with Crippen molar-refractivity contribution in [3.8, 4) is 17.2 Å². The summed E-state index contributed by atoms with van der Waals surface area (Å²) in [6.07, 6.45) is 0.134. The molecule has 0 unspecified atom stereocenters. The van der Waals surface area contributed by atoms with E-state index >= 15 is 0 Å². The number of aliphatic imine (C=N–C) groups is 2. The van der Waals surface area contributed by atoms with E-state index in [0.717, 1.165) is 0 Å². The molecule has 1 fully saturated rings. The van der Waals surface area contributed by atoms with Crippen LogP contribution in [0.3, 0.4) is 0 Å². The van der Waals surface area contributed by atoms with Crippen molar-refractivity contribution in [2.24, 2.45) is 67.9 Å². The molecular formula is C66H100N18O14. The van der Waals surface area contributed by atoms with E-state index in [0.29, 0.717) is 29.5 Å². The Kier molecular flexibility index (Phi) is 32.5. The summed E-state index contributed by atoms with van der Waals surface area (Å²) in [7, 11) is 0. The molecule has 0 aliphatic carbocycles. The minimum Gasteiger partial charge on any atom is -0.508 e. The number of amides is 11. The normalized spacial score (nSPS) is 16.0. The van der Waals surface area contributed by atoms with Crippen molar-refractivity contribution in [1.29, 1.82) is 0 Å². The Labute approximate surface area is 570 Å². The van der Waals surface area contributed by atoms with Crippen molar-refractivity contribution in [2.45, 2.75) is 185 Å². The number of nitrogens with two attached hydrogens (primary N) is 7. The van der Waals surface area contributed by atoms with Gasteiger partial charge in [0.05, 0.1) is 12.5 Å². The third kappa shape index (κ3) is 26.7. The molecule has 1 aliphatic heterocycles.